The number of likely N-dealkylation sites (tertiary alicyclic amines) is 1. The number of hydrogen-bond acceptors (Lipinski definition) is 7. The maximum Gasteiger partial charge on any atom is 0.306 e. The van der Waals surface area contributed by atoms with Crippen LogP contribution in [0.25, 0.3) is 10.1 Å². The zero-order valence-electron chi connectivity index (χ0n) is 29.0. The van der Waals surface area contributed by atoms with Gasteiger partial charge in [0.15, 0.2) is 0 Å². The van der Waals surface area contributed by atoms with Crippen LogP contribution in [-0.4, -0.2) is 95.1 Å². The number of nitrogens with zero attached hydrogens (tertiary/aromatic N) is 3. The van der Waals surface area contributed by atoms with Gasteiger partial charge >= 0.3 is 5.97 Å². The topological polar surface area (TPSA) is 102 Å². The van der Waals surface area contributed by atoms with Crippen LogP contribution in [0.2, 0.25) is 5.02 Å². The molecule has 4 aromatic rings. The number of halogens is 2. The summed E-state index contributed by atoms with van der Waals surface area (Å²) >= 11 is 8.04. The number of fused-ring (bicyclic) bond motifs is 1. The maximum absolute atomic E-state index is 15.6. The molecule has 2 amide bonds. The number of carbonyl (C=O) groups excluding carboxylic acids is 2. The lowest BCUT2D eigenvalue weighted by Crippen LogP contribution is -2.50. The van der Waals surface area contributed by atoms with Gasteiger partial charge in [-0.15, -0.1) is 11.3 Å². The molecule has 1 aliphatic carbocycles. The second-order valence-electron chi connectivity index (χ2n) is 14.2. The Labute approximate surface area is 312 Å². The Morgan fingerprint density at radius 2 is 1.69 bits per heavy atom. The molecular weight excluding hydrogens is 703 g/mol. The van der Waals surface area contributed by atoms with Crippen LogP contribution in [0.15, 0.2) is 72.1 Å². The quantitative estimate of drug-likeness (QED) is 0.172. The van der Waals surface area contributed by atoms with Gasteiger partial charge < -0.3 is 20.1 Å². The minimum absolute atomic E-state index is 0.0424. The number of carbonyl (C=O) groups is 3. The first-order chi connectivity index (χ1) is 25.2. The van der Waals surface area contributed by atoms with Crippen molar-refractivity contribution in [3.63, 3.8) is 0 Å². The van der Waals surface area contributed by atoms with Crippen LogP contribution in [0.4, 0.5) is 10.1 Å². The molecule has 2 atom stereocenters. The largest absolute Gasteiger partial charge is 0.481 e. The number of carboxylic acids is 1. The first-order valence-corrected chi connectivity index (χ1v) is 19.4. The third-order valence-corrected chi connectivity index (χ3v) is 12.2. The van der Waals surface area contributed by atoms with Gasteiger partial charge in [-0.1, -0.05) is 60.1 Å². The summed E-state index contributed by atoms with van der Waals surface area (Å²) in [6.45, 7) is 5.44. The highest BCUT2D eigenvalue weighted by molar-refractivity contribution is 7.17. The van der Waals surface area contributed by atoms with E-state index in [0.29, 0.717) is 44.4 Å². The van der Waals surface area contributed by atoms with Crippen molar-refractivity contribution in [1.29, 1.82) is 0 Å². The van der Waals surface area contributed by atoms with E-state index < -0.39 is 11.8 Å². The van der Waals surface area contributed by atoms with E-state index in [1.807, 2.05) is 35.2 Å². The summed E-state index contributed by atoms with van der Waals surface area (Å²) in [5.41, 5.74) is 2.09. The molecule has 52 heavy (non-hydrogen) atoms. The SMILES string of the molecule is O=C(Nc1cc(F)c(CC(=O)N2C[C@@H](N3CCN(Cc4ccccc4)CC3)C[C@H]2CO[C@H]2CC[C@H](C(=O)O)CC2)cc1Cl)c1csc2ccccc12. The summed E-state index contributed by atoms with van der Waals surface area (Å²) in [7, 11) is 0. The highest BCUT2D eigenvalue weighted by Gasteiger charge is 2.40. The molecule has 0 radical (unpaired) electrons. The standard InChI is InChI=1S/C40H44ClFN4O5S/c41-34-18-28(35(42)21-36(34)43-39(48)33-25-52-37-9-5-4-8-32(33)37)19-38(47)46-23-29(20-30(46)24-51-31-12-10-27(11-13-31)40(49)50)45-16-14-44(15-17-45)22-26-6-2-1-3-7-26/h1-9,18,21,25,27,29-31H,10-17,19-20,22-24H2,(H,43,48)(H,49,50)/t27-,29-,30-,31-/m0/s1. The van der Waals surface area contributed by atoms with Gasteiger partial charge in [0.25, 0.3) is 5.91 Å². The number of carboxylic acid groups (broad SMARTS) is 1. The van der Waals surface area contributed by atoms with Gasteiger partial charge in [0, 0.05) is 60.8 Å². The molecule has 3 heterocycles. The summed E-state index contributed by atoms with van der Waals surface area (Å²) in [6.07, 6.45) is 3.07. The molecule has 0 unspecified atom stereocenters. The van der Waals surface area contributed by atoms with Crippen molar-refractivity contribution in [3.05, 3.63) is 99.6 Å². The first kappa shape index (κ1) is 36.5. The van der Waals surface area contributed by atoms with E-state index in [0.717, 1.165) is 49.2 Å². The summed E-state index contributed by atoms with van der Waals surface area (Å²) in [5.74, 6) is -2.28. The van der Waals surface area contributed by atoms with E-state index in [2.05, 4.69) is 39.4 Å². The monoisotopic (exact) mass is 746 g/mol. The molecule has 274 valence electrons. The van der Waals surface area contributed by atoms with Crippen LogP contribution < -0.4 is 5.32 Å². The second-order valence-corrected chi connectivity index (χ2v) is 15.6. The Kier molecular flexibility index (Phi) is 11.5. The third kappa shape index (κ3) is 8.50. The number of benzene rings is 3. The predicted octanol–water partition coefficient (Wildman–Crippen LogP) is 6.94. The summed E-state index contributed by atoms with van der Waals surface area (Å²) in [4.78, 5) is 45.3. The Bertz CT molecular complexity index is 1890. The van der Waals surface area contributed by atoms with Gasteiger partial charge in [-0.3, -0.25) is 24.2 Å². The molecule has 1 aromatic heterocycles. The lowest BCUT2D eigenvalue weighted by molar-refractivity contribution is -0.144. The van der Waals surface area contributed by atoms with E-state index >= 15 is 4.39 Å². The Hall–Kier alpha value is -3.87. The van der Waals surface area contributed by atoms with Crippen LogP contribution in [0.5, 0.6) is 0 Å². The molecule has 2 aliphatic heterocycles. The lowest BCUT2D eigenvalue weighted by atomic mass is 9.87. The predicted molar refractivity (Wildman–Crippen MR) is 201 cm³/mol. The molecule has 7 rings (SSSR count). The third-order valence-electron chi connectivity index (χ3n) is 10.9. The molecule has 2 saturated heterocycles. The van der Waals surface area contributed by atoms with E-state index in [-0.39, 0.29) is 58.6 Å². The minimum Gasteiger partial charge on any atom is -0.481 e. The zero-order chi connectivity index (χ0) is 36.2. The fraction of sp³-hybridized carbons (Fsp3) is 0.425. The number of rotatable bonds is 11. The summed E-state index contributed by atoms with van der Waals surface area (Å²) in [6, 6.07) is 20.6. The number of piperazine rings is 1. The van der Waals surface area contributed by atoms with E-state index in [4.69, 9.17) is 16.3 Å². The van der Waals surface area contributed by atoms with Gasteiger partial charge in [0.05, 0.1) is 47.4 Å². The van der Waals surface area contributed by atoms with Crippen molar-refractivity contribution in [2.45, 2.75) is 63.3 Å². The average Bonchev–Trinajstić information content (AvgIpc) is 3.79. The summed E-state index contributed by atoms with van der Waals surface area (Å²) in [5, 5.41) is 14.9. The Balaban J connectivity index is 1.01. The molecular formula is C40H44ClFN4O5S. The van der Waals surface area contributed by atoms with Gasteiger partial charge in [-0.25, -0.2) is 4.39 Å². The van der Waals surface area contributed by atoms with E-state index in [1.54, 1.807) is 5.38 Å². The van der Waals surface area contributed by atoms with Gasteiger partial charge in [0.1, 0.15) is 5.82 Å². The molecule has 0 bridgehead atoms. The van der Waals surface area contributed by atoms with E-state index in [9.17, 15) is 19.5 Å². The van der Waals surface area contributed by atoms with Crippen LogP contribution in [0, 0.1) is 11.7 Å². The smallest absolute Gasteiger partial charge is 0.306 e. The minimum atomic E-state index is -0.753. The summed E-state index contributed by atoms with van der Waals surface area (Å²) < 4.78 is 22.9. The van der Waals surface area contributed by atoms with Crippen LogP contribution >= 0.6 is 22.9 Å². The van der Waals surface area contributed by atoms with Crippen molar-refractivity contribution in [3.8, 4) is 0 Å². The number of aliphatic carboxylic acids is 1. The molecule has 2 N–H and O–H groups in total. The van der Waals surface area contributed by atoms with Crippen LogP contribution in [0.3, 0.4) is 0 Å². The molecule has 3 aromatic carbocycles. The number of amides is 2. The van der Waals surface area contributed by atoms with Crippen LogP contribution in [0.1, 0.15) is 53.6 Å². The van der Waals surface area contributed by atoms with Crippen molar-refractivity contribution in [2.24, 2.45) is 5.92 Å². The zero-order valence-corrected chi connectivity index (χ0v) is 30.6. The number of hydrogen-bond donors (Lipinski definition) is 2. The molecule has 9 nitrogen and oxygen atoms in total. The van der Waals surface area contributed by atoms with Crippen molar-refractivity contribution in [1.82, 2.24) is 14.7 Å². The second kappa shape index (κ2) is 16.4. The maximum atomic E-state index is 15.6. The molecule has 0 spiro atoms. The van der Waals surface area contributed by atoms with Crippen molar-refractivity contribution < 1.29 is 28.6 Å². The Morgan fingerprint density at radius 1 is 0.962 bits per heavy atom. The first-order valence-electron chi connectivity index (χ1n) is 18.1. The number of nitrogens with one attached hydrogen (secondary N) is 1. The number of anilines is 1. The van der Waals surface area contributed by atoms with E-state index in [1.165, 1.54) is 29.0 Å². The van der Waals surface area contributed by atoms with Crippen molar-refractivity contribution in [2.75, 3.05) is 44.6 Å². The molecule has 3 aliphatic rings. The normalized spacial score (nSPS) is 22.8. The number of ether oxygens (including phenoxy) is 1. The fourth-order valence-electron chi connectivity index (χ4n) is 7.90. The van der Waals surface area contributed by atoms with Gasteiger partial charge in [-0.05, 0) is 61.4 Å². The van der Waals surface area contributed by atoms with Crippen LogP contribution in [-0.2, 0) is 27.3 Å². The highest BCUT2D eigenvalue weighted by atomic mass is 35.5. The van der Waals surface area contributed by atoms with Gasteiger partial charge in [0.2, 0.25) is 5.91 Å². The molecule has 3 fully saturated rings. The average molecular weight is 747 g/mol. The van der Waals surface area contributed by atoms with Crippen molar-refractivity contribution >= 4 is 56.5 Å². The highest BCUT2D eigenvalue weighted by Crippen LogP contribution is 2.32. The molecule has 12 heteroatoms. The lowest BCUT2D eigenvalue weighted by Gasteiger charge is -2.38. The fourth-order valence-corrected chi connectivity index (χ4v) is 9.07. The molecule has 1 saturated carbocycles. The van der Waals surface area contributed by atoms with Gasteiger partial charge in [-0.2, -0.15) is 0 Å². The Morgan fingerprint density at radius 3 is 2.44 bits per heavy atom. The number of thiophene rings is 1.